The number of benzene rings is 2. The van der Waals surface area contributed by atoms with Gasteiger partial charge in [-0.2, -0.15) is 0 Å². The third-order valence-corrected chi connectivity index (χ3v) is 3.65. The Bertz CT molecular complexity index is 759. The van der Waals surface area contributed by atoms with Gasteiger partial charge in [0, 0.05) is 11.4 Å². The van der Waals surface area contributed by atoms with Crippen LogP contribution in [-0.2, 0) is 6.61 Å². The van der Waals surface area contributed by atoms with Gasteiger partial charge in [0.1, 0.15) is 5.75 Å². The molecule has 1 heterocycles. The first-order valence-corrected chi connectivity index (χ1v) is 6.59. The first-order chi connectivity index (χ1) is 9.71. The summed E-state index contributed by atoms with van der Waals surface area (Å²) in [6, 6.07) is 14.3. The Morgan fingerprint density at radius 3 is 2.50 bits per heavy atom. The van der Waals surface area contributed by atoms with Gasteiger partial charge in [-0.3, -0.25) is 0 Å². The number of methoxy groups -OCH3 is 1. The SMILES string of the molecule is COc1ccc2cc(-c3cc(CO)c(C)[nH]3)ccc2c1. The molecule has 0 saturated heterocycles. The Morgan fingerprint density at radius 1 is 1.05 bits per heavy atom. The van der Waals surface area contributed by atoms with E-state index in [1.54, 1.807) is 7.11 Å². The lowest BCUT2D eigenvalue weighted by atomic mass is 10.0. The van der Waals surface area contributed by atoms with E-state index >= 15 is 0 Å². The van der Waals surface area contributed by atoms with Crippen molar-refractivity contribution in [3.8, 4) is 17.0 Å². The minimum absolute atomic E-state index is 0.0626. The molecule has 0 amide bonds. The van der Waals surface area contributed by atoms with Crippen LogP contribution < -0.4 is 4.74 Å². The third-order valence-electron chi connectivity index (χ3n) is 3.65. The summed E-state index contributed by atoms with van der Waals surface area (Å²) in [6.07, 6.45) is 0. The van der Waals surface area contributed by atoms with E-state index in [9.17, 15) is 5.11 Å². The van der Waals surface area contributed by atoms with Gasteiger partial charge in [0.15, 0.2) is 0 Å². The maximum absolute atomic E-state index is 9.27. The highest BCUT2D eigenvalue weighted by Crippen LogP contribution is 2.27. The van der Waals surface area contributed by atoms with E-state index < -0.39 is 0 Å². The zero-order valence-electron chi connectivity index (χ0n) is 11.6. The van der Waals surface area contributed by atoms with Gasteiger partial charge in [-0.1, -0.05) is 18.2 Å². The number of aromatic amines is 1. The number of hydrogen-bond acceptors (Lipinski definition) is 2. The Hall–Kier alpha value is -2.26. The first-order valence-electron chi connectivity index (χ1n) is 6.59. The largest absolute Gasteiger partial charge is 0.497 e. The molecule has 3 nitrogen and oxygen atoms in total. The number of aryl methyl sites for hydroxylation is 1. The smallest absolute Gasteiger partial charge is 0.119 e. The van der Waals surface area contributed by atoms with Crippen molar-refractivity contribution >= 4 is 10.8 Å². The average Bonchev–Trinajstić information content (AvgIpc) is 2.87. The van der Waals surface area contributed by atoms with Crippen molar-refractivity contribution in [2.24, 2.45) is 0 Å². The zero-order valence-corrected chi connectivity index (χ0v) is 11.6. The Balaban J connectivity index is 2.08. The summed E-state index contributed by atoms with van der Waals surface area (Å²) in [4.78, 5) is 3.31. The fourth-order valence-corrected chi connectivity index (χ4v) is 2.44. The molecular formula is C17H17NO2. The molecule has 1 aromatic heterocycles. The summed E-state index contributed by atoms with van der Waals surface area (Å²) in [7, 11) is 1.67. The van der Waals surface area contributed by atoms with Crippen LogP contribution in [0.15, 0.2) is 42.5 Å². The predicted octanol–water partition coefficient (Wildman–Crippen LogP) is 3.64. The molecule has 0 saturated carbocycles. The minimum atomic E-state index is 0.0626. The van der Waals surface area contributed by atoms with Crippen LogP contribution in [-0.4, -0.2) is 17.2 Å². The maximum atomic E-state index is 9.27. The fourth-order valence-electron chi connectivity index (χ4n) is 2.44. The number of aliphatic hydroxyl groups excluding tert-OH is 1. The van der Waals surface area contributed by atoms with Gasteiger partial charge in [-0.15, -0.1) is 0 Å². The number of ether oxygens (including phenoxy) is 1. The number of hydrogen-bond donors (Lipinski definition) is 2. The molecule has 0 fully saturated rings. The van der Waals surface area contributed by atoms with E-state index in [0.29, 0.717) is 0 Å². The molecule has 102 valence electrons. The zero-order chi connectivity index (χ0) is 14.1. The van der Waals surface area contributed by atoms with Gasteiger partial charge < -0.3 is 14.8 Å². The van der Waals surface area contributed by atoms with E-state index in [2.05, 4.69) is 29.2 Å². The van der Waals surface area contributed by atoms with Crippen LogP contribution in [0.2, 0.25) is 0 Å². The van der Waals surface area contributed by atoms with Gasteiger partial charge in [0.2, 0.25) is 0 Å². The maximum Gasteiger partial charge on any atom is 0.119 e. The number of H-pyrrole nitrogens is 1. The summed E-state index contributed by atoms with van der Waals surface area (Å²) >= 11 is 0. The topological polar surface area (TPSA) is 45.2 Å². The summed E-state index contributed by atoms with van der Waals surface area (Å²) < 4.78 is 5.24. The lowest BCUT2D eigenvalue weighted by Crippen LogP contribution is -1.83. The lowest BCUT2D eigenvalue weighted by Gasteiger charge is -2.04. The lowest BCUT2D eigenvalue weighted by molar-refractivity contribution is 0.281. The molecule has 3 rings (SSSR count). The molecule has 0 atom stereocenters. The van der Waals surface area contributed by atoms with Crippen molar-refractivity contribution in [3.63, 3.8) is 0 Å². The number of aromatic nitrogens is 1. The standard InChI is InChI=1S/C17H17NO2/c1-11-15(10-19)9-17(18-11)14-4-3-13-8-16(20-2)6-5-12(13)7-14/h3-9,18-19H,10H2,1-2H3. The highest BCUT2D eigenvalue weighted by molar-refractivity contribution is 5.88. The first kappa shape index (κ1) is 12.8. The number of fused-ring (bicyclic) bond motifs is 1. The second-order valence-electron chi connectivity index (χ2n) is 4.92. The van der Waals surface area contributed by atoms with Crippen molar-refractivity contribution < 1.29 is 9.84 Å². The minimum Gasteiger partial charge on any atom is -0.497 e. The molecule has 0 aliphatic carbocycles. The highest BCUT2D eigenvalue weighted by Gasteiger charge is 2.06. The van der Waals surface area contributed by atoms with Crippen molar-refractivity contribution in [3.05, 3.63) is 53.7 Å². The van der Waals surface area contributed by atoms with Crippen molar-refractivity contribution in [1.82, 2.24) is 4.98 Å². The van der Waals surface area contributed by atoms with Crippen LogP contribution in [0.25, 0.3) is 22.0 Å². The van der Waals surface area contributed by atoms with E-state index in [1.165, 1.54) is 5.39 Å². The third kappa shape index (κ3) is 2.17. The summed E-state index contributed by atoms with van der Waals surface area (Å²) in [5.74, 6) is 0.864. The van der Waals surface area contributed by atoms with E-state index in [4.69, 9.17) is 4.74 Å². The van der Waals surface area contributed by atoms with Gasteiger partial charge in [-0.25, -0.2) is 0 Å². The van der Waals surface area contributed by atoms with Crippen LogP contribution in [0.3, 0.4) is 0 Å². The van der Waals surface area contributed by atoms with Gasteiger partial charge in [-0.05, 0) is 53.1 Å². The molecule has 0 aliphatic heterocycles. The molecular weight excluding hydrogens is 250 g/mol. The molecule has 0 spiro atoms. The summed E-state index contributed by atoms with van der Waals surface area (Å²) in [5, 5.41) is 11.6. The molecule has 0 unspecified atom stereocenters. The van der Waals surface area contributed by atoms with E-state index in [1.807, 2.05) is 25.1 Å². The monoisotopic (exact) mass is 267 g/mol. The normalized spacial score (nSPS) is 10.9. The highest BCUT2D eigenvalue weighted by atomic mass is 16.5. The van der Waals surface area contributed by atoms with E-state index in [-0.39, 0.29) is 6.61 Å². The number of aliphatic hydroxyl groups is 1. The Labute approximate surface area is 117 Å². The van der Waals surface area contributed by atoms with Gasteiger partial charge in [0.05, 0.1) is 13.7 Å². The van der Waals surface area contributed by atoms with Crippen LogP contribution in [0.4, 0.5) is 0 Å². The predicted molar refractivity (Wildman–Crippen MR) is 80.9 cm³/mol. The molecule has 2 aromatic carbocycles. The molecule has 3 aromatic rings. The van der Waals surface area contributed by atoms with Crippen molar-refractivity contribution in [1.29, 1.82) is 0 Å². The number of rotatable bonds is 3. The second kappa shape index (κ2) is 5.02. The van der Waals surface area contributed by atoms with E-state index in [0.717, 1.165) is 33.7 Å². The molecule has 2 N–H and O–H groups in total. The van der Waals surface area contributed by atoms with Crippen LogP contribution in [0, 0.1) is 6.92 Å². The number of nitrogens with one attached hydrogen (secondary N) is 1. The molecule has 3 heteroatoms. The quantitative estimate of drug-likeness (QED) is 0.761. The molecule has 0 radical (unpaired) electrons. The average molecular weight is 267 g/mol. The fraction of sp³-hybridized carbons (Fsp3) is 0.176. The molecule has 0 bridgehead atoms. The van der Waals surface area contributed by atoms with Crippen LogP contribution in [0.5, 0.6) is 5.75 Å². The molecule has 20 heavy (non-hydrogen) atoms. The van der Waals surface area contributed by atoms with Gasteiger partial charge in [0.25, 0.3) is 0 Å². The van der Waals surface area contributed by atoms with Crippen molar-refractivity contribution in [2.75, 3.05) is 7.11 Å². The Morgan fingerprint density at radius 2 is 1.80 bits per heavy atom. The Kier molecular flexibility index (Phi) is 3.20. The summed E-state index contributed by atoms with van der Waals surface area (Å²) in [6.45, 7) is 2.04. The summed E-state index contributed by atoms with van der Waals surface area (Å²) in [5.41, 5.74) is 4.10. The van der Waals surface area contributed by atoms with Crippen LogP contribution in [0.1, 0.15) is 11.3 Å². The van der Waals surface area contributed by atoms with Crippen LogP contribution >= 0.6 is 0 Å². The van der Waals surface area contributed by atoms with Crippen molar-refractivity contribution in [2.45, 2.75) is 13.5 Å². The van der Waals surface area contributed by atoms with Gasteiger partial charge >= 0.3 is 0 Å². The molecule has 0 aliphatic rings. The second-order valence-corrected chi connectivity index (χ2v) is 4.92.